The van der Waals surface area contributed by atoms with Gasteiger partial charge in [0.15, 0.2) is 0 Å². The Hall–Kier alpha value is -5.41. The average Bonchev–Trinajstić information content (AvgIpc) is 3.81. The standard InChI is InChI=1S/C38H48F2N6O8/c1-6-29-34(49)41-23(4)35(50)46-16-10-13-31(46)38(53)54-21-28(36(51)45-15-9-12-30(45)37(52)44(29)5)43-33(48)27(19-24-17-25(39)20-26(40)18-24)42-32(47)14-8-7-11-22(2)3/h7-8,11,14,17-18,20,23,27-31H,2,6,9-10,12-13,15-16,19,21H2,1,3-5H3,(H,41,49)(H,42,47)(H,43,48)/b11-7+,14-8+/t23-,27-,28-,29-,30-,31-/m0/s1. The number of rotatable bonds is 9. The van der Waals surface area contributed by atoms with Gasteiger partial charge in [0, 0.05) is 38.7 Å². The van der Waals surface area contributed by atoms with Crippen LogP contribution in [-0.2, 0) is 44.7 Å². The Bertz CT molecular complexity index is 1700. The van der Waals surface area contributed by atoms with Gasteiger partial charge in [-0.1, -0.05) is 37.3 Å². The van der Waals surface area contributed by atoms with Crippen molar-refractivity contribution in [2.75, 3.05) is 26.7 Å². The molecule has 3 aliphatic rings. The van der Waals surface area contributed by atoms with Crippen LogP contribution in [0.3, 0.4) is 0 Å². The summed E-state index contributed by atoms with van der Waals surface area (Å²) >= 11 is 0. The number of carbonyl (C=O) groups is 7. The topological polar surface area (TPSA) is 175 Å². The lowest BCUT2D eigenvalue weighted by Gasteiger charge is -2.35. The maximum Gasteiger partial charge on any atom is 0.328 e. The first kappa shape index (κ1) is 41.3. The van der Waals surface area contributed by atoms with Crippen LogP contribution in [0.5, 0.6) is 0 Å². The second-order valence-electron chi connectivity index (χ2n) is 13.8. The molecule has 3 fully saturated rings. The zero-order valence-corrected chi connectivity index (χ0v) is 30.9. The maximum absolute atomic E-state index is 14.3. The number of amides is 6. The summed E-state index contributed by atoms with van der Waals surface area (Å²) < 4.78 is 33.9. The molecule has 16 heteroatoms. The number of nitrogens with zero attached hydrogens (tertiary/aromatic N) is 3. The van der Waals surface area contributed by atoms with Gasteiger partial charge in [0.2, 0.25) is 35.4 Å². The van der Waals surface area contributed by atoms with E-state index < -0.39 is 102 Å². The minimum absolute atomic E-state index is 0.0258. The highest BCUT2D eigenvalue weighted by molar-refractivity contribution is 5.98. The summed E-state index contributed by atoms with van der Waals surface area (Å²) in [6.45, 7) is 8.30. The molecule has 54 heavy (non-hydrogen) atoms. The Morgan fingerprint density at radius 3 is 2.20 bits per heavy atom. The van der Waals surface area contributed by atoms with Gasteiger partial charge < -0.3 is 35.4 Å². The zero-order valence-electron chi connectivity index (χ0n) is 30.9. The fraction of sp³-hybridized carbons (Fsp3) is 0.500. The number of ether oxygens (including phenoxy) is 1. The first-order valence-electron chi connectivity index (χ1n) is 18.0. The first-order valence-corrected chi connectivity index (χ1v) is 18.0. The molecule has 14 nitrogen and oxygen atoms in total. The Morgan fingerprint density at radius 1 is 0.963 bits per heavy atom. The fourth-order valence-corrected chi connectivity index (χ4v) is 6.87. The lowest BCUT2D eigenvalue weighted by molar-refractivity contribution is -0.158. The molecule has 3 heterocycles. The van der Waals surface area contributed by atoms with E-state index in [1.165, 1.54) is 34.7 Å². The van der Waals surface area contributed by atoms with Crippen molar-refractivity contribution in [1.29, 1.82) is 0 Å². The normalized spacial score (nSPS) is 25.0. The van der Waals surface area contributed by atoms with Gasteiger partial charge >= 0.3 is 5.97 Å². The summed E-state index contributed by atoms with van der Waals surface area (Å²) in [6.07, 6.45) is 6.91. The van der Waals surface area contributed by atoms with Crippen molar-refractivity contribution in [3.63, 3.8) is 0 Å². The smallest absolute Gasteiger partial charge is 0.328 e. The molecule has 0 saturated carbocycles. The molecule has 6 atom stereocenters. The molecule has 1 aromatic rings. The van der Waals surface area contributed by atoms with E-state index in [1.807, 2.05) is 0 Å². The van der Waals surface area contributed by atoms with Gasteiger partial charge in [-0.05, 0) is 63.6 Å². The van der Waals surface area contributed by atoms with Crippen LogP contribution in [0.15, 0.2) is 54.7 Å². The molecule has 0 unspecified atom stereocenters. The summed E-state index contributed by atoms with van der Waals surface area (Å²) in [5.41, 5.74) is 0.744. The third-order valence-electron chi connectivity index (χ3n) is 9.60. The van der Waals surface area contributed by atoms with Crippen LogP contribution >= 0.6 is 0 Å². The highest BCUT2D eigenvalue weighted by atomic mass is 19.1. The predicted octanol–water partition coefficient (Wildman–Crippen LogP) is 1.45. The number of nitrogens with one attached hydrogen (secondary N) is 3. The van der Waals surface area contributed by atoms with Gasteiger partial charge in [-0.15, -0.1) is 0 Å². The van der Waals surface area contributed by atoms with Gasteiger partial charge in [0.05, 0.1) is 0 Å². The fourth-order valence-electron chi connectivity index (χ4n) is 6.87. The number of likely N-dealkylation sites (N-methyl/N-ethyl adjacent to an activating group) is 1. The minimum Gasteiger partial charge on any atom is -0.461 e. The predicted molar refractivity (Wildman–Crippen MR) is 192 cm³/mol. The average molecular weight is 755 g/mol. The number of cyclic esters (lactones) is 1. The van der Waals surface area contributed by atoms with Gasteiger partial charge in [-0.2, -0.15) is 0 Å². The summed E-state index contributed by atoms with van der Waals surface area (Å²) in [7, 11) is 1.44. The molecule has 0 spiro atoms. The molecule has 0 aromatic heterocycles. The molecule has 3 saturated heterocycles. The third kappa shape index (κ3) is 10.4. The molecule has 0 bridgehead atoms. The molecule has 1 aromatic carbocycles. The SMILES string of the molecule is C=C(C)/C=C/C=C/C(=O)N[C@@H](Cc1cc(F)cc(F)c1)C(=O)N[C@H]1COC(=O)[C@@H]2CCCN2C(=O)[C@H](C)NC(=O)[C@H](CC)N(C)C(=O)[C@@H]2CCCN2C1=O. The highest BCUT2D eigenvalue weighted by Gasteiger charge is 2.44. The number of fused-ring (bicyclic) bond motifs is 2. The molecule has 4 rings (SSSR count). The Balaban J connectivity index is 1.68. The molecule has 3 aliphatic heterocycles. The lowest BCUT2D eigenvalue weighted by atomic mass is 10.0. The van der Waals surface area contributed by atoms with Crippen LogP contribution in [0, 0.1) is 11.6 Å². The lowest BCUT2D eigenvalue weighted by Crippen LogP contribution is -2.60. The van der Waals surface area contributed by atoms with Crippen LogP contribution in [0.1, 0.15) is 58.4 Å². The molecule has 6 amide bonds. The van der Waals surface area contributed by atoms with E-state index in [0.29, 0.717) is 18.9 Å². The maximum atomic E-state index is 14.3. The van der Waals surface area contributed by atoms with Gasteiger partial charge in [0.1, 0.15) is 54.5 Å². The molecular weight excluding hydrogens is 706 g/mol. The van der Waals surface area contributed by atoms with Gasteiger partial charge in [-0.3, -0.25) is 28.8 Å². The minimum atomic E-state index is -1.58. The van der Waals surface area contributed by atoms with Crippen molar-refractivity contribution in [2.45, 2.75) is 95.5 Å². The summed E-state index contributed by atoms with van der Waals surface area (Å²) in [6, 6.07) is -4.47. The second-order valence-corrected chi connectivity index (χ2v) is 13.8. The Kier molecular flexibility index (Phi) is 14.2. The summed E-state index contributed by atoms with van der Waals surface area (Å²) in [5.74, 6) is -6.77. The van der Waals surface area contributed by atoms with Crippen molar-refractivity contribution in [3.05, 3.63) is 71.9 Å². The van der Waals surface area contributed by atoms with Crippen LogP contribution in [0.2, 0.25) is 0 Å². The molecule has 3 N–H and O–H groups in total. The van der Waals surface area contributed by atoms with Crippen molar-refractivity contribution >= 4 is 41.4 Å². The quantitative estimate of drug-likeness (QED) is 0.193. The number of hydrogen-bond acceptors (Lipinski definition) is 8. The largest absolute Gasteiger partial charge is 0.461 e. The van der Waals surface area contributed by atoms with E-state index in [2.05, 4.69) is 22.5 Å². The highest BCUT2D eigenvalue weighted by Crippen LogP contribution is 2.24. The third-order valence-corrected chi connectivity index (χ3v) is 9.60. The molecule has 292 valence electrons. The van der Waals surface area contributed by atoms with E-state index >= 15 is 0 Å². The first-order chi connectivity index (χ1) is 25.6. The number of benzene rings is 1. The van der Waals surface area contributed by atoms with E-state index in [4.69, 9.17) is 4.74 Å². The van der Waals surface area contributed by atoms with Crippen molar-refractivity contribution in [1.82, 2.24) is 30.7 Å². The van der Waals surface area contributed by atoms with Crippen molar-refractivity contribution < 1.29 is 47.1 Å². The van der Waals surface area contributed by atoms with E-state index in [0.717, 1.165) is 23.8 Å². The van der Waals surface area contributed by atoms with Crippen molar-refractivity contribution in [2.24, 2.45) is 0 Å². The number of esters is 1. The van der Waals surface area contributed by atoms with Gasteiger partial charge in [0.25, 0.3) is 0 Å². The van der Waals surface area contributed by atoms with E-state index in [1.54, 1.807) is 26.0 Å². The number of hydrogen-bond donors (Lipinski definition) is 3. The zero-order chi connectivity index (χ0) is 39.7. The Morgan fingerprint density at radius 2 is 1.57 bits per heavy atom. The van der Waals surface area contributed by atoms with Crippen LogP contribution in [0.4, 0.5) is 8.78 Å². The van der Waals surface area contributed by atoms with Crippen LogP contribution < -0.4 is 16.0 Å². The van der Waals surface area contributed by atoms with Crippen LogP contribution in [-0.4, -0.2) is 119 Å². The molecule has 0 radical (unpaired) electrons. The second kappa shape index (κ2) is 18.6. The molecule has 0 aliphatic carbocycles. The number of allylic oxidation sites excluding steroid dienone is 4. The summed E-state index contributed by atoms with van der Waals surface area (Å²) in [5, 5.41) is 7.71. The van der Waals surface area contributed by atoms with Crippen molar-refractivity contribution in [3.8, 4) is 0 Å². The number of halogens is 2. The monoisotopic (exact) mass is 754 g/mol. The van der Waals surface area contributed by atoms with E-state index in [9.17, 15) is 42.3 Å². The van der Waals surface area contributed by atoms with E-state index in [-0.39, 0.29) is 37.9 Å². The van der Waals surface area contributed by atoms with Crippen LogP contribution in [0.25, 0.3) is 0 Å². The van der Waals surface area contributed by atoms with Gasteiger partial charge in [-0.25, -0.2) is 13.6 Å². The molecular formula is C38H48F2N6O8. The number of carbonyl (C=O) groups excluding carboxylic acids is 7. The summed E-state index contributed by atoms with van der Waals surface area (Å²) in [4.78, 5) is 99.1. The Labute approximate surface area is 313 Å².